The highest BCUT2D eigenvalue weighted by Crippen LogP contribution is 2.35. The van der Waals surface area contributed by atoms with Crippen molar-refractivity contribution in [1.29, 1.82) is 0 Å². The van der Waals surface area contributed by atoms with Crippen LogP contribution in [0.25, 0.3) is 16.6 Å². The quantitative estimate of drug-likeness (QED) is 0.559. The van der Waals surface area contributed by atoms with Crippen LogP contribution < -0.4 is 10.9 Å². The molecule has 0 unspecified atom stereocenters. The molecule has 4 aromatic rings. The van der Waals surface area contributed by atoms with E-state index < -0.39 is 0 Å². The Balaban J connectivity index is 1.43. The predicted molar refractivity (Wildman–Crippen MR) is 106 cm³/mol. The summed E-state index contributed by atoms with van der Waals surface area (Å²) in [7, 11) is 0. The van der Waals surface area contributed by atoms with E-state index >= 15 is 0 Å². The van der Waals surface area contributed by atoms with Gasteiger partial charge in [0.15, 0.2) is 5.65 Å². The van der Waals surface area contributed by atoms with Gasteiger partial charge in [0.1, 0.15) is 5.82 Å². The number of nitrogens with zero attached hydrogens (tertiary/aromatic N) is 3. The third-order valence-electron chi connectivity index (χ3n) is 5.27. The topological polar surface area (TPSA) is 75.1 Å². The summed E-state index contributed by atoms with van der Waals surface area (Å²) in [4.78, 5) is 15.3. The summed E-state index contributed by atoms with van der Waals surface area (Å²) in [6, 6.07) is 11.2. The molecule has 0 amide bonds. The summed E-state index contributed by atoms with van der Waals surface area (Å²) < 4.78 is 2.05. The van der Waals surface area contributed by atoms with Crippen molar-refractivity contribution in [1.82, 2.24) is 19.6 Å². The lowest BCUT2D eigenvalue weighted by Gasteiger charge is -2.23. The minimum absolute atomic E-state index is 0.0992. The van der Waals surface area contributed by atoms with Crippen molar-refractivity contribution >= 4 is 33.8 Å². The van der Waals surface area contributed by atoms with Gasteiger partial charge in [-0.2, -0.15) is 0 Å². The number of benzene rings is 1. The molecule has 0 spiro atoms. The zero-order chi connectivity index (χ0) is 18.4. The fourth-order valence-corrected chi connectivity index (χ4v) is 3.69. The highest BCUT2D eigenvalue weighted by atomic mass is 35.5. The second-order valence-corrected chi connectivity index (χ2v) is 7.48. The molecular weight excluding hydrogens is 362 g/mol. The Kier molecular flexibility index (Phi) is 3.86. The number of hydrogen-bond acceptors (Lipinski definition) is 4. The molecule has 1 aromatic carbocycles. The number of anilines is 1. The van der Waals surface area contributed by atoms with E-state index in [0.29, 0.717) is 23.0 Å². The van der Waals surface area contributed by atoms with Gasteiger partial charge in [-0.25, -0.2) is 0 Å². The van der Waals surface area contributed by atoms with Crippen molar-refractivity contribution in [3.05, 3.63) is 69.4 Å². The fraction of sp³-hybridized carbons (Fsp3) is 0.250. The highest BCUT2D eigenvalue weighted by Gasteiger charge is 2.24. The van der Waals surface area contributed by atoms with Crippen molar-refractivity contribution in [3.63, 3.8) is 0 Å². The van der Waals surface area contributed by atoms with Gasteiger partial charge >= 0.3 is 0 Å². The largest absolute Gasteiger partial charge is 0.380 e. The van der Waals surface area contributed by atoms with Crippen LogP contribution in [0.3, 0.4) is 0 Å². The molecule has 2 N–H and O–H groups in total. The Labute approximate surface area is 160 Å². The third kappa shape index (κ3) is 2.96. The van der Waals surface area contributed by atoms with Gasteiger partial charge in [0.2, 0.25) is 0 Å². The van der Waals surface area contributed by atoms with E-state index in [1.807, 2.05) is 36.5 Å². The number of halogens is 1. The van der Waals surface area contributed by atoms with Gasteiger partial charge in [-0.15, -0.1) is 10.2 Å². The smallest absolute Gasteiger partial charge is 0.253 e. The molecule has 0 radical (unpaired) electrons. The fourth-order valence-electron chi connectivity index (χ4n) is 3.51. The SMILES string of the molecule is O=c1[nH]c2ccc(Cl)cc2cc1CNc1ccc2nnc(C3CCC3)n2c1. The second kappa shape index (κ2) is 6.39. The molecule has 1 aliphatic carbocycles. The maximum Gasteiger partial charge on any atom is 0.253 e. The molecule has 3 heterocycles. The number of rotatable bonds is 4. The molecule has 1 fully saturated rings. The summed E-state index contributed by atoms with van der Waals surface area (Å²) in [6.45, 7) is 0.421. The second-order valence-electron chi connectivity index (χ2n) is 7.04. The van der Waals surface area contributed by atoms with E-state index in [9.17, 15) is 4.79 Å². The van der Waals surface area contributed by atoms with Gasteiger partial charge in [-0.05, 0) is 49.2 Å². The van der Waals surface area contributed by atoms with Crippen LogP contribution in [0, 0.1) is 0 Å². The summed E-state index contributed by atoms with van der Waals surface area (Å²) in [6.07, 6.45) is 5.61. The average Bonchev–Trinajstić information content (AvgIpc) is 3.02. The average molecular weight is 380 g/mol. The lowest BCUT2D eigenvalue weighted by Crippen LogP contribution is -2.16. The van der Waals surface area contributed by atoms with Crippen LogP contribution in [-0.2, 0) is 6.54 Å². The first kappa shape index (κ1) is 16.3. The Hall–Kier alpha value is -2.86. The molecule has 7 heteroatoms. The molecule has 3 aromatic heterocycles. The van der Waals surface area contributed by atoms with Crippen LogP contribution in [0.2, 0.25) is 5.02 Å². The highest BCUT2D eigenvalue weighted by molar-refractivity contribution is 6.31. The van der Waals surface area contributed by atoms with Crippen molar-refractivity contribution in [3.8, 4) is 0 Å². The number of H-pyrrole nitrogens is 1. The molecule has 136 valence electrons. The minimum Gasteiger partial charge on any atom is -0.380 e. The molecule has 0 aliphatic heterocycles. The number of fused-ring (bicyclic) bond motifs is 2. The van der Waals surface area contributed by atoms with Crippen LogP contribution in [0.4, 0.5) is 5.69 Å². The van der Waals surface area contributed by atoms with Crippen LogP contribution >= 0.6 is 11.6 Å². The summed E-state index contributed by atoms with van der Waals surface area (Å²) in [5, 5.41) is 13.5. The van der Waals surface area contributed by atoms with Gasteiger partial charge < -0.3 is 10.3 Å². The molecule has 27 heavy (non-hydrogen) atoms. The first-order valence-electron chi connectivity index (χ1n) is 9.07. The van der Waals surface area contributed by atoms with E-state index in [-0.39, 0.29) is 5.56 Å². The Morgan fingerprint density at radius 3 is 2.89 bits per heavy atom. The van der Waals surface area contributed by atoms with E-state index in [0.717, 1.165) is 28.1 Å². The third-order valence-corrected chi connectivity index (χ3v) is 5.50. The summed E-state index contributed by atoms with van der Waals surface area (Å²) in [5.41, 5.74) is 3.11. The van der Waals surface area contributed by atoms with Crippen molar-refractivity contribution < 1.29 is 0 Å². The predicted octanol–water partition coefficient (Wildman–Crippen LogP) is 4.10. The number of aromatic amines is 1. The van der Waals surface area contributed by atoms with E-state index in [2.05, 4.69) is 24.9 Å². The lowest BCUT2D eigenvalue weighted by atomic mass is 9.85. The number of nitrogens with one attached hydrogen (secondary N) is 2. The zero-order valence-corrected chi connectivity index (χ0v) is 15.3. The molecule has 6 nitrogen and oxygen atoms in total. The molecule has 0 bridgehead atoms. The minimum atomic E-state index is -0.0992. The summed E-state index contributed by atoms with van der Waals surface area (Å²) in [5.74, 6) is 1.53. The Morgan fingerprint density at radius 1 is 1.19 bits per heavy atom. The van der Waals surface area contributed by atoms with Crippen LogP contribution in [0.5, 0.6) is 0 Å². The van der Waals surface area contributed by atoms with E-state index in [4.69, 9.17) is 11.6 Å². The Bertz CT molecular complexity index is 1210. The molecular formula is C20H18ClN5O. The number of hydrogen-bond donors (Lipinski definition) is 2. The van der Waals surface area contributed by atoms with Gasteiger partial charge in [0, 0.05) is 40.1 Å². The lowest BCUT2D eigenvalue weighted by molar-refractivity contribution is 0.399. The number of pyridine rings is 2. The zero-order valence-electron chi connectivity index (χ0n) is 14.6. The van der Waals surface area contributed by atoms with Gasteiger partial charge in [-0.3, -0.25) is 9.20 Å². The van der Waals surface area contributed by atoms with E-state index in [1.54, 1.807) is 6.07 Å². The molecule has 0 atom stereocenters. The van der Waals surface area contributed by atoms with Crippen LogP contribution in [-0.4, -0.2) is 19.6 Å². The monoisotopic (exact) mass is 379 g/mol. The Morgan fingerprint density at radius 2 is 2.07 bits per heavy atom. The van der Waals surface area contributed by atoms with Crippen LogP contribution in [0.1, 0.15) is 36.6 Å². The molecule has 1 saturated carbocycles. The van der Waals surface area contributed by atoms with Crippen LogP contribution in [0.15, 0.2) is 47.4 Å². The maximum absolute atomic E-state index is 12.3. The van der Waals surface area contributed by atoms with Gasteiger partial charge in [-0.1, -0.05) is 18.0 Å². The maximum atomic E-state index is 12.3. The normalized spacial score (nSPS) is 14.6. The molecule has 0 saturated heterocycles. The summed E-state index contributed by atoms with van der Waals surface area (Å²) >= 11 is 6.06. The van der Waals surface area contributed by atoms with E-state index in [1.165, 1.54) is 19.3 Å². The number of aromatic nitrogens is 4. The molecule has 1 aliphatic rings. The first-order chi connectivity index (χ1) is 13.2. The molecule has 5 rings (SSSR count). The standard InChI is InChI=1S/C20H18ClN5O/c21-15-4-6-17-13(9-15)8-14(20(27)23-17)10-22-16-5-7-18-24-25-19(26(18)11-16)12-2-1-3-12/h4-9,11-12,22H,1-3,10H2,(H,23,27). The van der Waals surface area contributed by atoms with Crippen molar-refractivity contribution in [2.75, 3.05) is 5.32 Å². The van der Waals surface area contributed by atoms with Crippen molar-refractivity contribution in [2.45, 2.75) is 31.7 Å². The van der Waals surface area contributed by atoms with Gasteiger partial charge in [0.05, 0.1) is 5.69 Å². The van der Waals surface area contributed by atoms with Crippen molar-refractivity contribution in [2.24, 2.45) is 0 Å². The van der Waals surface area contributed by atoms with Gasteiger partial charge in [0.25, 0.3) is 5.56 Å². The first-order valence-corrected chi connectivity index (χ1v) is 9.45.